The molecule has 0 radical (unpaired) electrons. The molecule has 4 rings (SSSR count). The number of nitriles is 1. The SMILES string of the molecule is Cc1ccc(S(=O)(=O)Nc2oc(=O)c(C#N)c(-c3ccccc3)c2-c2ccccc2)cc1. The molecule has 0 amide bonds. The van der Waals surface area contributed by atoms with E-state index in [-0.39, 0.29) is 16.3 Å². The number of nitrogens with one attached hydrogen (secondary N) is 1. The Morgan fingerprint density at radius 2 is 1.34 bits per heavy atom. The van der Waals surface area contributed by atoms with E-state index >= 15 is 0 Å². The molecular formula is C25H18N2O4S. The highest BCUT2D eigenvalue weighted by Gasteiger charge is 2.26. The Bertz CT molecular complexity index is 1470. The van der Waals surface area contributed by atoms with E-state index in [0.29, 0.717) is 22.3 Å². The highest BCUT2D eigenvalue weighted by atomic mass is 32.2. The molecule has 0 aliphatic heterocycles. The van der Waals surface area contributed by atoms with E-state index in [1.807, 2.05) is 25.1 Å². The van der Waals surface area contributed by atoms with Gasteiger partial charge in [-0.2, -0.15) is 5.26 Å². The Morgan fingerprint density at radius 3 is 1.88 bits per heavy atom. The fourth-order valence-corrected chi connectivity index (χ4v) is 4.38. The molecule has 1 heterocycles. The zero-order valence-corrected chi connectivity index (χ0v) is 17.9. The van der Waals surface area contributed by atoms with Crippen molar-refractivity contribution in [1.29, 1.82) is 5.26 Å². The third kappa shape index (κ3) is 4.04. The molecule has 0 saturated heterocycles. The van der Waals surface area contributed by atoms with E-state index in [4.69, 9.17) is 4.42 Å². The number of hydrogen-bond donors (Lipinski definition) is 1. The summed E-state index contributed by atoms with van der Waals surface area (Å²) < 4.78 is 33.9. The number of sulfonamides is 1. The summed E-state index contributed by atoms with van der Waals surface area (Å²) in [5, 5.41) is 9.71. The number of anilines is 1. The summed E-state index contributed by atoms with van der Waals surface area (Å²) in [5.74, 6) is -0.250. The fourth-order valence-electron chi connectivity index (χ4n) is 3.38. The van der Waals surface area contributed by atoms with Crippen LogP contribution in [-0.4, -0.2) is 8.42 Å². The largest absolute Gasteiger partial charge is 0.404 e. The van der Waals surface area contributed by atoms with Crippen molar-refractivity contribution >= 4 is 15.9 Å². The molecule has 6 nitrogen and oxygen atoms in total. The lowest BCUT2D eigenvalue weighted by Gasteiger charge is -2.16. The van der Waals surface area contributed by atoms with Crippen LogP contribution in [0.4, 0.5) is 5.88 Å². The second-order valence-electron chi connectivity index (χ2n) is 7.11. The van der Waals surface area contributed by atoms with Gasteiger partial charge < -0.3 is 4.42 Å². The van der Waals surface area contributed by atoms with Crippen molar-refractivity contribution in [3.8, 4) is 28.3 Å². The average molecular weight is 442 g/mol. The van der Waals surface area contributed by atoms with Gasteiger partial charge in [-0.05, 0) is 30.2 Å². The van der Waals surface area contributed by atoms with Crippen LogP contribution in [0.5, 0.6) is 0 Å². The Balaban J connectivity index is 2.01. The van der Waals surface area contributed by atoms with Crippen LogP contribution in [0.15, 0.2) is 99.0 Å². The molecule has 0 fully saturated rings. The first-order chi connectivity index (χ1) is 15.4. The molecule has 0 unspecified atom stereocenters. The summed E-state index contributed by atoms with van der Waals surface area (Å²) in [6.45, 7) is 1.85. The lowest BCUT2D eigenvalue weighted by molar-refractivity contribution is 0.528. The molecule has 0 spiro atoms. The predicted octanol–water partition coefficient (Wildman–Crippen LogP) is 4.95. The van der Waals surface area contributed by atoms with Gasteiger partial charge in [-0.15, -0.1) is 0 Å². The van der Waals surface area contributed by atoms with Crippen molar-refractivity contribution in [2.45, 2.75) is 11.8 Å². The van der Waals surface area contributed by atoms with E-state index in [0.717, 1.165) is 5.56 Å². The van der Waals surface area contributed by atoms with Crippen molar-refractivity contribution in [1.82, 2.24) is 0 Å². The molecule has 1 N–H and O–H groups in total. The van der Waals surface area contributed by atoms with Gasteiger partial charge in [0.05, 0.1) is 10.5 Å². The standard InChI is InChI=1S/C25H18N2O4S/c1-17-12-14-20(15-13-17)32(29,30)27-24-23(19-10-6-3-7-11-19)22(18-8-4-2-5-9-18)21(16-26)25(28)31-24/h2-15,27H,1H3. The Hall–Kier alpha value is -4.15. The Morgan fingerprint density at radius 1 is 0.812 bits per heavy atom. The van der Waals surface area contributed by atoms with Crippen molar-refractivity contribution in [2.75, 3.05) is 4.72 Å². The van der Waals surface area contributed by atoms with Gasteiger partial charge in [0, 0.05) is 5.56 Å². The van der Waals surface area contributed by atoms with Crippen LogP contribution in [0.3, 0.4) is 0 Å². The van der Waals surface area contributed by atoms with Crippen LogP contribution in [0.25, 0.3) is 22.3 Å². The van der Waals surface area contributed by atoms with Gasteiger partial charge in [-0.3, -0.25) is 0 Å². The van der Waals surface area contributed by atoms with Gasteiger partial charge in [0.2, 0.25) is 5.88 Å². The number of aryl methyl sites for hydroxylation is 1. The van der Waals surface area contributed by atoms with Crippen molar-refractivity contribution in [3.63, 3.8) is 0 Å². The monoisotopic (exact) mass is 442 g/mol. The van der Waals surface area contributed by atoms with Crippen LogP contribution in [0.2, 0.25) is 0 Å². The van der Waals surface area contributed by atoms with Gasteiger partial charge in [-0.1, -0.05) is 78.4 Å². The molecule has 158 valence electrons. The first-order valence-corrected chi connectivity index (χ1v) is 11.2. The second kappa shape index (κ2) is 8.53. The molecular weight excluding hydrogens is 424 g/mol. The van der Waals surface area contributed by atoms with Gasteiger partial charge in [0.1, 0.15) is 11.6 Å². The quantitative estimate of drug-likeness (QED) is 0.471. The summed E-state index contributed by atoms with van der Waals surface area (Å²) in [5.41, 5.74) is 1.58. The minimum absolute atomic E-state index is 0.0235. The molecule has 3 aromatic carbocycles. The van der Waals surface area contributed by atoms with Gasteiger partial charge in [0.25, 0.3) is 10.0 Å². The minimum Gasteiger partial charge on any atom is -0.404 e. The molecule has 0 saturated carbocycles. The average Bonchev–Trinajstić information content (AvgIpc) is 2.80. The highest BCUT2D eigenvalue weighted by molar-refractivity contribution is 7.92. The topological polar surface area (TPSA) is 100 Å². The Labute approximate surface area is 185 Å². The lowest BCUT2D eigenvalue weighted by Crippen LogP contribution is -2.17. The summed E-state index contributed by atoms with van der Waals surface area (Å²) in [7, 11) is -4.06. The predicted molar refractivity (Wildman–Crippen MR) is 123 cm³/mol. The fraction of sp³-hybridized carbons (Fsp3) is 0.0400. The summed E-state index contributed by atoms with van der Waals surface area (Å²) >= 11 is 0. The zero-order chi connectivity index (χ0) is 22.7. The number of rotatable bonds is 5. The van der Waals surface area contributed by atoms with E-state index < -0.39 is 15.6 Å². The molecule has 0 atom stereocenters. The maximum absolute atomic E-state index is 13.1. The molecule has 1 aromatic heterocycles. The summed E-state index contributed by atoms with van der Waals surface area (Å²) in [6.07, 6.45) is 0. The smallest absolute Gasteiger partial charge is 0.356 e. The summed E-state index contributed by atoms with van der Waals surface area (Å²) in [6, 6.07) is 26.0. The molecule has 0 bridgehead atoms. The molecule has 0 aliphatic rings. The van der Waals surface area contributed by atoms with Gasteiger partial charge in [0.15, 0.2) is 0 Å². The zero-order valence-electron chi connectivity index (χ0n) is 17.1. The maximum Gasteiger partial charge on any atom is 0.356 e. The first kappa shape index (κ1) is 21.1. The summed E-state index contributed by atoms with van der Waals surface area (Å²) in [4.78, 5) is 12.7. The third-order valence-corrected chi connectivity index (χ3v) is 6.27. The number of benzene rings is 3. The minimum atomic E-state index is -4.06. The van der Waals surface area contributed by atoms with Gasteiger partial charge in [-0.25, -0.2) is 17.9 Å². The third-order valence-electron chi connectivity index (χ3n) is 4.92. The number of hydrogen-bond acceptors (Lipinski definition) is 5. The normalized spacial score (nSPS) is 11.0. The van der Waals surface area contributed by atoms with Crippen LogP contribution < -0.4 is 10.3 Å². The van der Waals surface area contributed by atoms with E-state index in [1.54, 1.807) is 60.7 Å². The molecule has 7 heteroatoms. The highest BCUT2D eigenvalue weighted by Crippen LogP contribution is 2.39. The van der Waals surface area contributed by atoms with Crippen LogP contribution in [-0.2, 0) is 10.0 Å². The molecule has 4 aromatic rings. The van der Waals surface area contributed by atoms with E-state index in [1.165, 1.54) is 12.1 Å². The molecule has 32 heavy (non-hydrogen) atoms. The van der Waals surface area contributed by atoms with E-state index in [2.05, 4.69) is 4.72 Å². The van der Waals surface area contributed by atoms with Crippen LogP contribution in [0.1, 0.15) is 11.1 Å². The van der Waals surface area contributed by atoms with Crippen molar-refractivity contribution < 1.29 is 12.8 Å². The van der Waals surface area contributed by atoms with Crippen LogP contribution >= 0.6 is 0 Å². The number of nitrogens with zero attached hydrogens (tertiary/aromatic N) is 1. The second-order valence-corrected chi connectivity index (χ2v) is 8.79. The van der Waals surface area contributed by atoms with Crippen molar-refractivity contribution in [3.05, 3.63) is 106 Å². The van der Waals surface area contributed by atoms with Crippen LogP contribution in [0, 0.1) is 18.3 Å². The van der Waals surface area contributed by atoms with Crippen molar-refractivity contribution in [2.24, 2.45) is 0 Å². The van der Waals surface area contributed by atoms with E-state index in [9.17, 15) is 18.5 Å². The Kier molecular flexibility index (Phi) is 5.63. The first-order valence-electron chi connectivity index (χ1n) is 9.72. The molecule has 0 aliphatic carbocycles. The maximum atomic E-state index is 13.1. The lowest BCUT2D eigenvalue weighted by atomic mass is 9.93. The van der Waals surface area contributed by atoms with Gasteiger partial charge >= 0.3 is 5.63 Å².